The van der Waals surface area contributed by atoms with Crippen LogP contribution < -0.4 is 4.74 Å². The lowest BCUT2D eigenvalue weighted by Gasteiger charge is -2.15. The molecule has 0 aliphatic rings. The van der Waals surface area contributed by atoms with Gasteiger partial charge in [-0.1, -0.05) is 23.7 Å². The zero-order chi connectivity index (χ0) is 12.7. The summed E-state index contributed by atoms with van der Waals surface area (Å²) in [7, 11) is 1.72. The van der Waals surface area contributed by atoms with Gasteiger partial charge >= 0.3 is 0 Å². The maximum absolute atomic E-state index is 11.2. The molecule has 0 radical (unpaired) electrons. The molecule has 0 N–H and O–H groups in total. The van der Waals surface area contributed by atoms with Crippen LogP contribution in [-0.4, -0.2) is 36.9 Å². The monoisotopic (exact) mass is 275 g/mol. The van der Waals surface area contributed by atoms with Crippen LogP contribution in [-0.2, 0) is 4.79 Å². The van der Waals surface area contributed by atoms with Crippen LogP contribution in [0.3, 0.4) is 0 Å². The van der Waals surface area contributed by atoms with E-state index >= 15 is 0 Å². The molecule has 1 aromatic carbocycles. The van der Waals surface area contributed by atoms with Crippen molar-refractivity contribution in [3.8, 4) is 5.75 Å². The van der Waals surface area contributed by atoms with Crippen molar-refractivity contribution >= 4 is 29.1 Å². The minimum Gasteiger partial charge on any atom is -0.492 e. The number of nitrogens with zero attached hydrogens (tertiary/aromatic N) is 1. The van der Waals surface area contributed by atoms with E-state index in [1.54, 1.807) is 18.0 Å². The summed E-state index contributed by atoms with van der Waals surface area (Å²) >= 11 is 11.4. The van der Waals surface area contributed by atoms with Gasteiger partial charge < -0.3 is 9.64 Å². The van der Waals surface area contributed by atoms with Crippen molar-refractivity contribution in [3.63, 3.8) is 0 Å². The molecule has 0 bridgehead atoms. The van der Waals surface area contributed by atoms with Gasteiger partial charge in [-0.05, 0) is 18.6 Å². The molecule has 5 heteroatoms. The first-order valence-corrected chi connectivity index (χ1v) is 6.23. The molecule has 1 amide bonds. The summed E-state index contributed by atoms with van der Waals surface area (Å²) in [5.41, 5.74) is 0. The Balaban J connectivity index is 2.25. The van der Waals surface area contributed by atoms with Gasteiger partial charge in [0, 0.05) is 13.6 Å². The molecule has 1 rings (SSSR count). The van der Waals surface area contributed by atoms with Crippen LogP contribution >= 0.6 is 23.2 Å². The van der Waals surface area contributed by atoms with Crippen molar-refractivity contribution in [2.75, 3.05) is 26.1 Å². The number of carbonyl (C=O) groups is 1. The SMILES string of the molecule is CN(CCCOc1ccccc1Cl)C(=O)CCl. The predicted octanol–water partition coefficient (Wildman–Crippen LogP) is 2.81. The molecule has 0 saturated heterocycles. The number of hydrogen-bond acceptors (Lipinski definition) is 2. The van der Waals surface area contributed by atoms with E-state index in [0.717, 1.165) is 6.42 Å². The molecule has 0 heterocycles. The van der Waals surface area contributed by atoms with E-state index in [4.69, 9.17) is 27.9 Å². The third-order valence-corrected chi connectivity index (χ3v) is 2.81. The molecule has 0 aliphatic heterocycles. The zero-order valence-corrected chi connectivity index (χ0v) is 11.2. The van der Waals surface area contributed by atoms with Gasteiger partial charge in [0.15, 0.2) is 0 Å². The Hall–Kier alpha value is -0.930. The van der Waals surface area contributed by atoms with Crippen LogP contribution in [0, 0.1) is 0 Å². The van der Waals surface area contributed by atoms with E-state index in [-0.39, 0.29) is 11.8 Å². The highest BCUT2D eigenvalue weighted by Gasteiger charge is 2.06. The quantitative estimate of drug-likeness (QED) is 0.590. The largest absolute Gasteiger partial charge is 0.492 e. The molecule has 0 aromatic heterocycles. The second-order valence-electron chi connectivity index (χ2n) is 3.58. The van der Waals surface area contributed by atoms with E-state index < -0.39 is 0 Å². The normalized spacial score (nSPS) is 10.1. The smallest absolute Gasteiger partial charge is 0.237 e. The zero-order valence-electron chi connectivity index (χ0n) is 9.66. The number of amides is 1. The minimum atomic E-state index is -0.0792. The lowest BCUT2D eigenvalue weighted by Crippen LogP contribution is -2.29. The van der Waals surface area contributed by atoms with E-state index in [0.29, 0.717) is 23.9 Å². The highest BCUT2D eigenvalue weighted by molar-refractivity contribution is 6.32. The second-order valence-corrected chi connectivity index (χ2v) is 4.26. The van der Waals surface area contributed by atoms with Gasteiger partial charge in [0.25, 0.3) is 0 Å². The maximum atomic E-state index is 11.2. The molecule has 0 spiro atoms. The van der Waals surface area contributed by atoms with Crippen LogP contribution in [0.1, 0.15) is 6.42 Å². The van der Waals surface area contributed by atoms with Crippen LogP contribution in [0.2, 0.25) is 5.02 Å². The first-order valence-electron chi connectivity index (χ1n) is 5.32. The standard InChI is InChI=1S/C12H15Cl2NO2/c1-15(12(16)9-13)7-4-8-17-11-6-3-2-5-10(11)14/h2-3,5-6H,4,7-9H2,1H3. The average molecular weight is 276 g/mol. The number of ether oxygens (including phenoxy) is 1. The maximum Gasteiger partial charge on any atom is 0.237 e. The number of benzene rings is 1. The third kappa shape index (κ3) is 4.84. The lowest BCUT2D eigenvalue weighted by atomic mass is 10.3. The van der Waals surface area contributed by atoms with Gasteiger partial charge in [0.2, 0.25) is 5.91 Å². The second kappa shape index (κ2) is 7.41. The molecule has 3 nitrogen and oxygen atoms in total. The molecule has 0 aliphatic carbocycles. The Morgan fingerprint density at radius 2 is 2.12 bits per heavy atom. The van der Waals surface area contributed by atoms with E-state index in [9.17, 15) is 4.79 Å². The number of rotatable bonds is 6. The number of hydrogen-bond donors (Lipinski definition) is 0. The summed E-state index contributed by atoms with van der Waals surface area (Å²) in [5.74, 6) is 0.604. The van der Waals surface area contributed by atoms with Crippen molar-refractivity contribution in [2.24, 2.45) is 0 Å². The fourth-order valence-corrected chi connectivity index (χ4v) is 1.67. The molecular weight excluding hydrogens is 261 g/mol. The van der Waals surface area contributed by atoms with Crippen LogP contribution in [0.5, 0.6) is 5.75 Å². The molecule has 1 aromatic rings. The number of halogens is 2. The van der Waals surface area contributed by atoms with Crippen molar-refractivity contribution in [1.82, 2.24) is 4.90 Å². The van der Waals surface area contributed by atoms with Crippen molar-refractivity contribution in [1.29, 1.82) is 0 Å². The Morgan fingerprint density at radius 3 is 2.76 bits per heavy atom. The van der Waals surface area contributed by atoms with Crippen molar-refractivity contribution < 1.29 is 9.53 Å². The molecular formula is C12H15Cl2NO2. The van der Waals surface area contributed by atoms with Crippen LogP contribution in [0.25, 0.3) is 0 Å². The number of alkyl halides is 1. The van der Waals surface area contributed by atoms with Gasteiger partial charge in [-0.25, -0.2) is 0 Å². The summed E-state index contributed by atoms with van der Waals surface area (Å²) in [4.78, 5) is 12.7. The summed E-state index contributed by atoms with van der Waals surface area (Å²) < 4.78 is 5.50. The molecule has 0 unspecified atom stereocenters. The highest BCUT2D eigenvalue weighted by atomic mass is 35.5. The average Bonchev–Trinajstić information content (AvgIpc) is 2.35. The number of para-hydroxylation sites is 1. The summed E-state index contributed by atoms with van der Waals surface area (Å²) in [5, 5.41) is 0.595. The van der Waals surface area contributed by atoms with Crippen LogP contribution in [0.4, 0.5) is 0 Å². The fourth-order valence-electron chi connectivity index (χ4n) is 1.27. The summed E-state index contributed by atoms with van der Waals surface area (Å²) in [6.07, 6.45) is 0.740. The Kier molecular flexibility index (Phi) is 6.16. The van der Waals surface area contributed by atoms with Crippen molar-refractivity contribution in [2.45, 2.75) is 6.42 Å². The highest BCUT2D eigenvalue weighted by Crippen LogP contribution is 2.22. The Labute approximate surface area is 111 Å². The lowest BCUT2D eigenvalue weighted by molar-refractivity contribution is -0.127. The van der Waals surface area contributed by atoms with E-state index in [1.165, 1.54) is 0 Å². The summed E-state index contributed by atoms with van der Waals surface area (Å²) in [6, 6.07) is 7.31. The van der Waals surface area contributed by atoms with E-state index in [2.05, 4.69) is 0 Å². The van der Waals surface area contributed by atoms with Crippen molar-refractivity contribution in [3.05, 3.63) is 29.3 Å². The van der Waals surface area contributed by atoms with Crippen LogP contribution in [0.15, 0.2) is 24.3 Å². The Morgan fingerprint density at radius 1 is 1.41 bits per heavy atom. The Bertz CT molecular complexity index is 371. The number of carbonyl (C=O) groups excluding carboxylic acids is 1. The first kappa shape index (κ1) is 14.1. The third-order valence-electron chi connectivity index (χ3n) is 2.27. The molecule has 0 atom stereocenters. The van der Waals surface area contributed by atoms with Gasteiger partial charge in [0.1, 0.15) is 11.6 Å². The van der Waals surface area contributed by atoms with Gasteiger partial charge in [0.05, 0.1) is 11.6 Å². The van der Waals surface area contributed by atoms with Gasteiger partial charge in [-0.15, -0.1) is 11.6 Å². The first-order chi connectivity index (χ1) is 8.15. The fraction of sp³-hybridized carbons (Fsp3) is 0.417. The molecule has 17 heavy (non-hydrogen) atoms. The van der Waals surface area contributed by atoms with E-state index in [1.807, 2.05) is 18.2 Å². The minimum absolute atomic E-state index is 0.0157. The molecule has 94 valence electrons. The van der Waals surface area contributed by atoms with Gasteiger partial charge in [-0.3, -0.25) is 4.79 Å². The predicted molar refractivity (Wildman–Crippen MR) is 69.9 cm³/mol. The molecule has 0 fully saturated rings. The molecule has 0 saturated carbocycles. The summed E-state index contributed by atoms with van der Waals surface area (Å²) in [6.45, 7) is 1.14. The van der Waals surface area contributed by atoms with Gasteiger partial charge in [-0.2, -0.15) is 0 Å². The topological polar surface area (TPSA) is 29.5 Å².